The Morgan fingerprint density at radius 2 is 2.11 bits per heavy atom. The lowest BCUT2D eigenvalue weighted by Crippen LogP contribution is -2.13. The molecule has 0 radical (unpaired) electrons. The zero-order chi connectivity index (χ0) is 13.3. The summed E-state index contributed by atoms with van der Waals surface area (Å²) in [7, 11) is 0. The summed E-state index contributed by atoms with van der Waals surface area (Å²) in [6, 6.07) is 1.93. The van der Waals surface area contributed by atoms with Crippen LogP contribution in [-0.4, -0.2) is 16.2 Å². The predicted octanol–water partition coefficient (Wildman–Crippen LogP) is 3.19. The van der Waals surface area contributed by atoms with E-state index in [0.29, 0.717) is 17.0 Å². The number of phenolic OH excluding ortho intramolecular Hbond substituents is 1. The number of aryl methyl sites for hydroxylation is 1. The van der Waals surface area contributed by atoms with E-state index in [2.05, 4.69) is 0 Å². The van der Waals surface area contributed by atoms with Crippen LogP contribution in [0.15, 0.2) is 6.07 Å². The second kappa shape index (κ2) is 5.19. The van der Waals surface area contributed by atoms with Crippen molar-refractivity contribution in [1.29, 1.82) is 0 Å². The highest BCUT2D eigenvalue weighted by molar-refractivity contribution is 6.33. The lowest BCUT2D eigenvalue weighted by molar-refractivity contribution is -0.141. The molecule has 1 aromatic rings. The van der Waals surface area contributed by atoms with E-state index in [0.717, 1.165) is 36.8 Å². The normalized spacial score (nSPS) is 16.1. The molecule has 3 nitrogen and oxygen atoms in total. The summed E-state index contributed by atoms with van der Waals surface area (Å²) < 4.78 is 0. The summed E-state index contributed by atoms with van der Waals surface area (Å²) in [5, 5.41) is 19.4. The van der Waals surface area contributed by atoms with Crippen LogP contribution in [0, 0.1) is 5.92 Å². The number of rotatable bonds is 3. The molecule has 0 spiro atoms. The minimum absolute atomic E-state index is 0.0606. The van der Waals surface area contributed by atoms with E-state index in [4.69, 9.17) is 16.7 Å². The molecule has 0 saturated heterocycles. The molecule has 0 saturated carbocycles. The SMILES string of the molecule is CC(Cc1cc2c(c(Cl)c1O)CCCC2)C(=O)O. The first-order valence-electron chi connectivity index (χ1n) is 6.25. The zero-order valence-electron chi connectivity index (χ0n) is 10.4. The fraction of sp³-hybridized carbons (Fsp3) is 0.500. The average Bonchev–Trinajstić information content (AvgIpc) is 2.35. The van der Waals surface area contributed by atoms with Crippen molar-refractivity contribution in [3.8, 4) is 5.75 Å². The van der Waals surface area contributed by atoms with Crippen LogP contribution in [-0.2, 0) is 24.1 Å². The van der Waals surface area contributed by atoms with Gasteiger partial charge >= 0.3 is 5.97 Å². The minimum Gasteiger partial charge on any atom is -0.506 e. The molecule has 0 amide bonds. The first-order valence-corrected chi connectivity index (χ1v) is 6.63. The Morgan fingerprint density at radius 3 is 2.78 bits per heavy atom. The maximum absolute atomic E-state index is 10.9. The van der Waals surface area contributed by atoms with Crippen molar-refractivity contribution in [3.05, 3.63) is 27.8 Å². The lowest BCUT2D eigenvalue weighted by atomic mass is 9.88. The van der Waals surface area contributed by atoms with Gasteiger partial charge in [0.25, 0.3) is 0 Å². The Bertz CT molecular complexity index is 482. The molecule has 18 heavy (non-hydrogen) atoms. The largest absolute Gasteiger partial charge is 0.506 e. The first kappa shape index (κ1) is 13.2. The van der Waals surface area contributed by atoms with Crippen molar-refractivity contribution in [1.82, 2.24) is 0 Å². The minimum atomic E-state index is -0.858. The number of benzene rings is 1. The Morgan fingerprint density at radius 1 is 1.44 bits per heavy atom. The molecular weight excluding hydrogens is 252 g/mol. The summed E-state index contributed by atoms with van der Waals surface area (Å²) in [5.41, 5.74) is 2.85. The van der Waals surface area contributed by atoms with Crippen molar-refractivity contribution in [2.24, 2.45) is 5.92 Å². The summed E-state index contributed by atoms with van der Waals surface area (Å²) in [6.07, 6.45) is 4.40. The van der Waals surface area contributed by atoms with E-state index >= 15 is 0 Å². The number of carboxylic acid groups (broad SMARTS) is 1. The quantitative estimate of drug-likeness (QED) is 0.885. The van der Waals surface area contributed by atoms with Crippen molar-refractivity contribution < 1.29 is 15.0 Å². The van der Waals surface area contributed by atoms with E-state index in [1.165, 1.54) is 0 Å². The van der Waals surface area contributed by atoms with Crippen molar-refractivity contribution >= 4 is 17.6 Å². The van der Waals surface area contributed by atoms with Gasteiger partial charge in [-0.05, 0) is 48.8 Å². The van der Waals surface area contributed by atoms with Gasteiger partial charge in [0.05, 0.1) is 10.9 Å². The van der Waals surface area contributed by atoms with Crippen LogP contribution in [0.5, 0.6) is 5.75 Å². The molecule has 1 atom stereocenters. The Balaban J connectivity index is 2.37. The smallest absolute Gasteiger partial charge is 0.306 e. The van der Waals surface area contributed by atoms with Gasteiger partial charge < -0.3 is 10.2 Å². The molecular formula is C14H17ClO3. The fourth-order valence-corrected chi connectivity index (χ4v) is 2.81. The molecule has 2 N–H and O–H groups in total. The highest BCUT2D eigenvalue weighted by atomic mass is 35.5. The van der Waals surface area contributed by atoms with Crippen LogP contribution in [0.1, 0.15) is 36.5 Å². The van der Waals surface area contributed by atoms with Gasteiger partial charge in [-0.1, -0.05) is 24.6 Å². The van der Waals surface area contributed by atoms with Gasteiger partial charge in [-0.3, -0.25) is 4.79 Å². The second-order valence-corrected chi connectivity index (χ2v) is 5.36. The number of hydrogen-bond donors (Lipinski definition) is 2. The number of fused-ring (bicyclic) bond motifs is 1. The van der Waals surface area contributed by atoms with Gasteiger partial charge in [-0.25, -0.2) is 0 Å². The molecule has 98 valence electrons. The van der Waals surface area contributed by atoms with Crippen molar-refractivity contribution in [3.63, 3.8) is 0 Å². The number of halogens is 1. The predicted molar refractivity (Wildman–Crippen MR) is 70.3 cm³/mol. The maximum atomic E-state index is 10.9. The van der Waals surface area contributed by atoms with Gasteiger partial charge in [-0.2, -0.15) is 0 Å². The standard InChI is InChI=1S/C14H17ClO3/c1-8(14(17)18)6-10-7-9-4-2-3-5-11(9)12(15)13(10)16/h7-8,16H,2-6H2,1H3,(H,17,18). The van der Waals surface area contributed by atoms with Crippen molar-refractivity contribution in [2.75, 3.05) is 0 Å². The van der Waals surface area contributed by atoms with Gasteiger partial charge in [0, 0.05) is 0 Å². The van der Waals surface area contributed by atoms with Crippen LogP contribution in [0.25, 0.3) is 0 Å². The topological polar surface area (TPSA) is 57.5 Å². The molecule has 0 fully saturated rings. The fourth-order valence-electron chi connectivity index (χ4n) is 2.47. The van der Waals surface area contributed by atoms with E-state index in [1.807, 2.05) is 6.07 Å². The summed E-state index contributed by atoms with van der Waals surface area (Å²) >= 11 is 6.18. The van der Waals surface area contributed by atoms with E-state index in [9.17, 15) is 9.90 Å². The number of carboxylic acids is 1. The Kier molecular flexibility index (Phi) is 3.81. The number of carbonyl (C=O) groups is 1. The summed E-state index contributed by atoms with van der Waals surface area (Å²) in [4.78, 5) is 10.9. The van der Waals surface area contributed by atoms with Gasteiger partial charge in [-0.15, -0.1) is 0 Å². The van der Waals surface area contributed by atoms with Crippen LogP contribution in [0.2, 0.25) is 5.02 Å². The highest BCUT2D eigenvalue weighted by Crippen LogP contribution is 2.38. The van der Waals surface area contributed by atoms with E-state index in [-0.39, 0.29) is 5.75 Å². The number of aromatic hydroxyl groups is 1. The number of hydrogen-bond acceptors (Lipinski definition) is 2. The lowest BCUT2D eigenvalue weighted by Gasteiger charge is -2.20. The molecule has 0 aliphatic heterocycles. The Labute approximate surface area is 111 Å². The number of aliphatic carboxylic acids is 1. The Hall–Kier alpha value is -1.22. The molecule has 1 unspecified atom stereocenters. The summed E-state index contributed by atoms with van der Waals surface area (Å²) in [6.45, 7) is 1.63. The molecule has 4 heteroatoms. The molecule has 1 aliphatic rings. The molecule has 1 aliphatic carbocycles. The molecule has 0 bridgehead atoms. The molecule has 1 aromatic carbocycles. The monoisotopic (exact) mass is 268 g/mol. The van der Waals surface area contributed by atoms with Gasteiger partial charge in [0.15, 0.2) is 0 Å². The zero-order valence-corrected chi connectivity index (χ0v) is 11.1. The van der Waals surface area contributed by atoms with Crippen LogP contribution >= 0.6 is 11.6 Å². The third-order valence-corrected chi connectivity index (χ3v) is 3.99. The summed E-state index contributed by atoms with van der Waals surface area (Å²) in [5.74, 6) is -1.32. The second-order valence-electron chi connectivity index (χ2n) is 4.99. The van der Waals surface area contributed by atoms with E-state index in [1.54, 1.807) is 6.92 Å². The van der Waals surface area contributed by atoms with Gasteiger partial charge in [0.2, 0.25) is 0 Å². The van der Waals surface area contributed by atoms with Crippen molar-refractivity contribution in [2.45, 2.75) is 39.0 Å². The third-order valence-electron chi connectivity index (χ3n) is 3.58. The van der Waals surface area contributed by atoms with Crippen LogP contribution in [0.3, 0.4) is 0 Å². The molecule has 2 rings (SSSR count). The van der Waals surface area contributed by atoms with Gasteiger partial charge in [0.1, 0.15) is 5.75 Å². The first-order chi connectivity index (χ1) is 8.50. The molecule has 0 aromatic heterocycles. The third kappa shape index (κ3) is 2.46. The van der Waals surface area contributed by atoms with Crippen LogP contribution < -0.4 is 0 Å². The average molecular weight is 269 g/mol. The molecule has 0 heterocycles. The number of phenols is 1. The van der Waals surface area contributed by atoms with E-state index < -0.39 is 11.9 Å². The van der Waals surface area contributed by atoms with Crippen LogP contribution in [0.4, 0.5) is 0 Å². The highest BCUT2D eigenvalue weighted by Gasteiger charge is 2.21. The maximum Gasteiger partial charge on any atom is 0.306 e.